The molecule has 3 aromatic carbocycles. The molecule has 154 valence electrons. The number of rotatable bonds is 8. The molecule has 0 saturated heterocycles. The zero-order chi connectivity index (χ0) is 21.1. The van der Waals surface area contributed by atoms with Gasteiger partial charge in [0.1, 0.15) is 12.3 Å². The number of hydrogen-bond acceptors (Lipinski definition) is 2. The van der Waals surface area contributed by atoms with Crippen LogP contribution in [0.2, 0.25) is 0 Å². The van der Waals surface area contributed by atoms with E-state index in [2.05, 4.69) is 79.9 Å². The Hall–Kier alpha value is -2.76. The zero-order valence-electron chi connectivity index (χ0n) is 18.1. The van der Waals surface area contributed by atoms with E-state index in [0.717, 1.165) is 47.3 Å². The third-order valence-corrected chi connectivity index (χ3v) is 6.60. The van der Waals surface area contributed by atoms with E-state index < -0.39 is 0 Å². The highest BCUT2D eigenvalue weighted by Crippen LogP contribution is 2.34. The summed E-state index contributed by atoms with van der Waals surface area (Å²) in [6, 6.07) is 23.4. The first-order chi connectivity index (χ1) is 14.6. The second-order valence-corrected chi connectivity index (χ2v) is 7.92. The molecule has 4 aromatic rings. The summed E-state index contributed by atoms with van der Waals surface area (Å²) < 4.78 is 8.73. The van der Waals surface area contributed by atoms with Crippen LogP contribution in [0.1, 0.15) is 26.3 Å². The van der Waals surface area contributed by atoms with E-state index in [9.17, 15) is 0 Å². The monoisotopic (exact) mass is 401 g/mol. The third kappa shape index (κ3) is 3.60. The van der Waals surface area contributed by atoms with Crippen molar-refractivity contribution in [1.82, 2.24) is 4.57 Å². The lowest BCUT2D eigenvalue weighted by atomic mass is 10.1. The van der Waals surface area contributed by atoms with E-state index in [-0.39, 0.29) is 7.69 Å². The minimum atomic E-state index is -0.321. The number of benzene rings is 3. The van der Waals surface area contributed by atoms with Gasteiger partial charge in [-0.1, -0.05) is 30.3 Å². The summed E-state index contributed by atoms with van der Waals surface area (Å²) in [6.45, 7) is 11.4. The van der Waals surface area contributed by atoms with Gasteiger partial charge in [0.15, 0.2) is 0 Å². The maximum Gasteiger partial charge on any atom is 0.504 e. The SMILES string of the molecule is CC[N+](CC)(CC)Cc1ccc(-n2c3ccccc3c3cc(OBO)ccc32)cc1. The first kappa shape index (κ1) is 20.5. The van der Waals surface area contributed by atoms with Crippen LogP contribution >= 0.6 is 0 Å². The lowest BCUT2D eigenvalue weighted by Gasteiger charge is -2.35. The van der Waals surface area contributed by atoms with Crippen LogP contribution < -0.4 is 4.65 Å². The molecule has 0 bridgehead atoms. The summed E-state index contributed by atoms with van der Waals surface area (Å²) >= 11 is 0. The molecule has 1 heterocycles. The Morgan fingerprint density at radius 1 is 0.833 bits per heavy atom. The van der Waals surface area contributed by atoms with Crippen molar-refractivity contribution in [2.24, 2.45) is 0 Å². The molecular formula is C25H30BN2O2+. The molecule has 1 aromatic heterocycles. The van der Waals surface area contributed by atoms with E-state index in [1.165, 1.54) is 16.5 Å². The summed E-state index contributed by atoms with van der Waals surface area (Å²) in [7, 11) is -0.321. The molecule has 0 unspecified atom stereocenters. The van der Waals surface area contributed by atoms with Crippen LogP contribution in [0.15, 0.2) is 66.7 Å². The summed E-state index contributed by atoms with van der Waals surface area (Å²) in [5.41, 5.74) is 4.84. The molecule has 1 N–H and O–H groups in total. The van der Waals surface area contributed by atoms with Crippen LogP contribution in [0.25, 0.3) is 27.5 Å². The highest BCUT2D eigenvalue weighted by atomic mass is 16.5. The Morgan fingerprint density at radius 2 is 1.50 bits per heavy atom. The van der Waals surface area contributed by atoms with Crippen molar-refractivity contribution in [3.63, 3.8) is 0 Å². The quantitative estimate of drug-likeness (QED) is 0.340. The second kappa shape index (κ2) is 8.54. The molecule has 0 aliphatic heterocycles. The summed E-state index contributed by atoms with van der Waals surface area (Å²) in [5, 5.41) is 11.4. The van der Waals surface area contributed by atoms with E-state index >= 15 is 0 Å². The van der Waals surface area contributed by atoms with Crippen LogP contribution in [0.3, 0.4) is 0 Å². The normalized spacial score (nSPS) is 11.9. The van der Waals surface area contributed by atoms with Gasteiger partial charge in [-0.15, -0.1) is 0 Å². The van der Waals surface area contributed by atoms with Crippen molar-refractivity contribution >= 4 is 29.5 Å². The fraction of sp³-hybridized carbons (Fsp3) is 0.280. The van der Waals surface area contributed by atoms with Crippen molar-refractivity contribution in [1.29, 1.82) is 0 Å². The van der Waals surface area contributed by atoms with Crippen LogP contribution in [0.5, 0.6) is 5.75 Å². The maximum absolute atomic E-state index is 9.12. The molecule has 0 amide bonds. The fourth-order valence-electron chi connectivity index (χ4n) is 4.54. The van der Waals surface area contributed by atoms with Crippen molar-refractivity contribution in [3.05, 3.63) is 72.3 Å². The molecule has 0 aliphatic rings. The van der Waals surface area contributed by atoms with Crippen molar-refractivity contribution in [3.8, 4) is 11.4 Å². The van der Waals surface area contributed by atoms with E-state index in [1.54, 1.807) is 0 Å². The van der Waals surface area contributed by atoms with Gasteiger partial charge >= 0.3 is 7.69 Å². The number of fused-ring (bicyclic) bond motifs is 3. The Bertz CT molecular complexity index is 1140. The molecular weight excluding hydrogens is 371 g/mol. The molecule has 0 fully saturated rings. The number of nitrogens with zero attached hydrogens (tertiary/aromatic N) is 2. The molecule has 4 nitrogen and oxygen atoms in total. The maximum atomic E-state index is 9.12. The molecule has 0 atom stereocenters. The van der Waals surface area contributed by atoms with E-state index in [4.69, 9.17) is 9.68 Å². The zero-order valence-corrected chi connectivity index (χ0v) is 18.1. The van der Waals surface area contributed by atoms with Crippen LogP contribution in [-0.4, -0.2) is 41.4 Å². The number of para-hydroxylation sites is 1. The lowest BCUT2D eigenvalue weighted by molar-refractivity contribution is -0.936. The van der Waals surface area contributed by atoms with Gasteiger partial charge in [0.25, 0.3) is 0 Å². The molecule has 0 saturated carbocycles. The Balaban J connectivity index is 1.79. The third-order valence-electron chi connectivity index (χ3n) is 6.60. The minimum absolute atomic E-state index is 0.321. The predicted octanol–water partition coefficient (Wildman–Crippen LogP) is 4.80. The van der Waals surface area contributed by atoms with Gasteiger partial charge in [-0.25, -0.2) is 0 Å². The second-order valence-electron chi connectivity index (χ2n) is 7.92. The number of hydrogen-bond donors (Lipinski definition) is 1. The fourth-order valence-corrected chi connectivity index (χ4v) is 4.54. The van der Waals surface area contributed by atoms with Crippen LogP contribution in [0, 0.1) is 0 Å². The lowest BCUT2D eigenvalue weighted by Crippen LogP contribution is -2.46. The van der Waals surface area contributed by atoms with Gasteiger partial charge < -0.3 is 18.7 Å². The van der Waals surface area contributed by atoms with Crippen LogP contribution in [0.4, 0.5) is 0 Å². The summed E-state index contributed by atoms with van der Waals surface area (Å²) in [5.74, 6) is 0.677. The average molecular weight is 401 g/mol. The number of quaternary nitrogens is 1. The van der Waals surface area contributed by atoms with Gasteiger partial charge in [0, 0.05) is 22.0 Å². The smallest absolute Gasteiger partial charge is 0.504 e. The average Bonchev–Trinajstić information content (AvgIpc) is 3.12. The first-order valence-corrected chi connectivity index (χ1v) is 10.9. The topological polar surface area (TPSA) is 34.4 Å². The van der Waals surface area contributed by atoms with E-state index in [1.807, 2.05) is 12.1 Å². The predicted molar refractivity (Wildman–Crippen MR) is 126 cm³/mol. The standard InChI is InChI=1S/C25H30BN2O2/c1-4-28(5-2,6-3)18-19-11-13-20(14-12-19)27-24-10-8-7-9-22(24)23-17-21(30-26-29)15-16-25(23)27/h7-17,26,29H,4-6,18H2,1-3H3/q+1. The largest absolute Gasteiger partial charge is 0.539 e. The highest BCUT2D eigenvalue weighted by Gasteiger charge is 2.21. The first-order valence-electron chi connectivity index (χ1n) is 10.9. The molecule has 0 spiro atoms. The van der Waals surface area contributed by atoms with Gasteiger partial charge in [-0.2, -0.15) is 0 Å². The Morgan fingerprint density at radius 3 is 2.17 bits per heavy atom. The van der Waals surface area contributed by atoms with Crippen molar-refractivity contribution in [2.75, 3.05) is 19.6 Å². The molecule has 5 heteroatoms. The van der Waals surface area contributed by atoms with Gasteiger partial charge in [-0.05, 0) is 57.2 Å². The van der Waals surface area contributed by atoms with Crippen molar-refractivity contribution in [2.45, 2.75) is 27.3 Å². The van der Waals surface area contributed by atoms with Gasteiger partial charge in [0.05, 0.1) is 30.7 Å². The number of aromatic nitrogens is 1. The van der Waals surface area contributed by atoms with Crippen molar-refractivity contribution < 1.29 is 14.2 Å². The summed E-state index contributed by atoms with van der Waals surface area (Å²) in [4.78, 5) is 0. The highest BCUT2D eigenvalue weighted by molar-refractivity contribution is 6.17. The Kier molecular flexibility index (Phi) is 5.84. The minimum Gasteiger partial charge on any atom is -0.539 e. The molecule has 0 aliphatic carbocycles. The Labute approximate surface area is 179 Å². The molecule has 0 radical (unpaired) electrons. The van der Waals surface area contributed by atoms with Gasteiger partial charge in [-0.3, -0.25) is 0 Å². The van der Waals surface area contributed by atoms with Gasteiger partial charge in [0.2, 0.25) is 0 Å². The molecule has 30 heavy (non-hydrogen) atoms. The molecule has 4 rings (SSSR count). The van der Waals surface area contributed by atoms with Crippen LogP contribution in [-0.2, 0) is 6.54 Å². The summed E-state index contributed by atoms with van der Waals surface area (Å²) in [6.07, 6.45) is 0. The van der Waals surface area contributed by atoms with E-state index in [0.29, 0.717) is 5.75 Å².